The van der Waals surface area contributed by atoms with E-state index in [0.717, 1.165) is 0 Å². The van der Waals surface area contributed by atoms with Crippen molar-refractivity contribution in [3.05, 3.63) is 29.8 Å². The first-order valence-corrected chi connectivity index (χ1v) is 7.34. The summed E-state index contributed by atoms with van der Waals surface area (Å²) in [4.78, 5) is 22.7. The number of nitrogens with one attached hydrogen (secondary N) is 1. The zero-order valence-corrected chi connectivity index (χ0v) is 12.0. The summed E-state index contributed by atoms with van der Waals surface area (Å²) in [7, 11) is 0. The molecule has 0 aliphatic carbocycles. The Bertz CT molecular complexity index is 511. The van der Waals surface area contributed by atoms with Gasteiger partial charge in [0.25, 0.3) is 0 Å². The van der Waals surface area contributed by atoms with Crippen molar-refractivity contribution < 1.29 is 14.3 Å². The van der Waals surface area contributed by atoms with Crippen molar-refractivity contribution in [2.75, 3.05) is 23.4 Å². The molecule has 106 valence electrons. The molecule has 0 atom stereocenters. The molecule has 5 nitrogen and oxygen atoms in total. The zero-order chi connectivity index (χ0) is 14.8. The van der Waals surface area contributed by atoms with Gasteiger partial charge in [-0.3, -0.25) is 9.59 Å². The van der Waals surface area contributed by atoms with Gasteiger partial charge in [-0.05, 0) is 25.1 Å². The number of hydrogen-bond donors (Lipinski definition) is 1. The lowest BCUT2D eigenvalue weighted by atomic mass is 10.2. The van der Waals surface area contributed by atoms with Gasteiger partial charge in [0.1, 0.15) is 0 Å². The molecule has 1 aromatic rings. The third kappa shape index (κ3) is 6.25. The maximum absolute atomic E-state index is 11.7. The molecular formula is C14H16N2O3S. The van der Waals surface area contributed by atoms with E-state index in [1.807, 2.05) is 6.07 Å². The fourth-order valence-electron chi connectivity index (χ4n) is 1.41. The molecule has 1 aromatic carbocycles. The van der Waals surface area contributed by atoms with E-state index < -0.39 is 0 Å². The molecular weight excluding hydrogens is 276 g/mol. The summed E-state index contributed by atoms with van der Waals surface area (Å²) in [6.07, 6.45) is 0.306. The monoisotopic (exact) mass is 292 g/mol. The first-order chi connectivity index (χ1) is 9.65. The standard InChI is InChI=1S/C14H16N2O3S/c1-2-19-14(18)10-20-7-6-13(17)16-12-5-3-4-11(8-12)9-15/h3-5,8H,2,6-7,10H2,1H3,(H,16,17). The van der Waals surface area contributed by atoms with Gasteiger partial charge in [0.05, 0.1) is 24.0 Å². The van der Waals surface area contributed by atoms with E-state index in [1.165, 1.54) is 11.8 Å². The lowest BCUT2D eigenvalue weighted by Gasteiger charge is -2.05. The molecule has 0 radical (unpaired) electrons. The summed E-state index contributed by atoms with van der Waals surface area (Å²) in [6, 6.07) is 8.74. The molecule has 0 fully saturated rings. The topological polar surface area (TPSA) is 79.2 Å². The van der Waals surface area contributed by atoms with E-state index in [9.17, 15) is 9.59 Å². The molecule has 6 heteroatoms. The number of esters is 1. The van der Waals surface area contributed by atoms with E-state index in [4.69, 9.17) is 10.00 Å². The Labute approximate surface area is 122 Å². The Kier molecular flexibility index (Phi) is 7.22. The molecule has 0 saturated heterocycles. The Balaban J connectivity index is 2.27. The number of benzene rings is 1. The number of anilines is 1. The van der Waals surface area contributed by atoms with Gasteiger partial charge in [-0.15, -0.1) is 11.8 Å². The predicted molar refractivity (Wildman–Crippen MR) is 78.4 cm³/mol. The van der Waals surface area contributed by atoms with Crippen LogP contribution in [0.4, 0.5) is 5.69 Å². The summed E-state index contributed by atoms with van der Waals surface area (Å²) in [5.74, 6) is 0.393. The van der Waals surface area contributed by atoms with Crippen LogP contribution in [0.5, 0.6) is 0 Å². The normalized spacial score (nSPS) is 9.60. The van der Waals surface area contributed by atoms with Crippen LogP contribution in [-0.4, -0.2) is 30.0 Å². The number of carbonyl (C=O) groups is 2. The summed E-state index contributed by atoms with van der Waals surface area (Å²) in [5, 5.41) is 11.5. The van der Waals surface area contributed by atoms with Crippen molar-refractivity contribution in [1.82, 2.24) is 0 Å². The van der Waals surface area contributed by atoms with Crippen LogP contribution in [0.1, 0.15) is 18.9 Å². The smallest absolute Gasteiger partial charge is 0.315 e. The summed E-state index contributed by atoms with van der Waals surface area (Å²) in [6.45, 7) is 2.13. The molecule has 0 saturated carbocycles. The van der Waals surface area contributed by atoms with E-state index in [0.29, 0.717) is 30.0 Å². The molecule has 0 unspecified atom stereocenters. The third-order valence-corrected chi connectivity index (χ3v) is 3.21. The van der Waals surface area contributed by atoms with E-state index in [-0.39, 0.29) is 17.6 Å². The molecule has 0 heterocycles. The summed E-state index contributed by atoms with van der Waals surface area (Å²) >= 11 is 1.36. The minimum absolute atomic E-state index is 0.142. The van der Waals surface area contributed by atoms with Crippen LogP contribution in [0.25, 0.3) is 0 Å². The highest BCUT2D eigenvalue weighted by Crippen LogP contribution is 2.11. The van der Waals surface area contributed by atoms with Gasteiger partial charge in [0.15, 0.2) is 0 Å². The lowest BCUT2D eigenvalue weighted by molar-refractivity contribution is -0.139. The number of amides is 1. The fraction of sp³-hybridized carbons (Fsp3) is 0.357. The SMILES string of the molecule is CCOC(=O)CSCCC(=O)Nc1cccc(C#N)c1. The number of nitrogens with zero attached hydrogens (tertiary/aromatic N) is 1. The number of hydrogen-bond acceptors (Lipinski definition) is 5. The number of thioether (sulfide) groups is 1. The fourth-order valence-corrected chi connectivity index (χ4v) is 2.14. The highest BCUT2D eigenvalue weighted by Gasteiger charge is 2.05. The van der Waals surface area contributed by atoms with Gasteiger partial charge in [-0.25, -0.2) is 0 Å². The maximum Gasteiger partial charge on any atom is 0.315 e. The second-order valence-electron chi connectivity index (χ2n) is 3.85. The van der Waals surface area contributed by atoms with Crippen LogP contribution >= 0.6 is 11.8 Å². The molecule has 20 heavy (non-hydrogen) atoms. The number of nitriles is 1. The maximum atomic E-state index is 11.7. The number of carbonyl (C=O) groups excluding carboxylic acids is 2. The van der Waals surface area contributed by atoms with Crippen molar-refractivity contribution >= 4 is 29.3 Å². The Morgan fingerprint density at radius 2 is 2.25 bits per heavy atom. The second-order valence-corrected chi connectivity index (χ2v) is 4.95. The molecule has 0 aromatic heterocycles. The zero-order valence-electron chi connectivity index (χ0n) is 11.2. The first-order valence-electron chi connectivity index (χ1n) is 6.19. The van der Waals surface area contributed by atoms with Crippen molar-refractivity contribution in [3.63, 3.8) is 0 Å². The average Bonchev–Trinajstić information content (AvgIpc) is 2.44. The average molecular weight is 292 g/mol. The molecule has 1 amide bonds. The highest BCUT2D eigenvalue weighted by atomic mass is 32.2. The van der Waals surface area contributed by atoms with Crippen molar-refractivity contribution in [2.45, 2.75) is 13.3 Å². The van der Waals surface area contributed by atoms with Gasteiger partial charge in [-0.1, -0.05) is 6.07 Å². The Morgan fingerprint density at radius 3 is 2.95 bits per heavy atom. The van der Waals surface area contributed by atoms with Crippen LogP contribution in [0.2, 0.25) is 0 Å². The number of rotatable bonds is 7. The van der Waals surface area contributed by atoms with Crippen LogP contribution in [0.3, 0.4) is 0 Å². The number of ether oxygens (including phenoxy) is 1. The molecule has 0 bridgehead atoms. The summed E-state index contributed by atoms with van der Waals surface area (Å²) in [5.41, 5.74) is 1.10. The quantitative estimate of drug-likeness (QED) is 0.615. The molecule has 1 N–H and O–H groups in total. The highest BCUT2D eigenvalue weighted by molar-refractivity contribution is 7.99. The van der Waals surface area contributed by atoms with Crippen LogP contribution in [0.15, 0.2) is 24.3 Å². The van der Waals surface area contributed by atoms with Crippen molar-refractivity contribution in [2.24, 2.45) is 0 Å². The molecule has 0 aliphatic rings. The van der Waals surface area contributed by atoms with E-state index in [1.54, 1.807) is 31.2 Å². The first kappa shape index (κ1) is 16.1. The van der Waals surface area contributed by atoms with Gasteiger partial charge in [0, 0.05) is 17.9 Å². The van der Waals surface area contributed by atoms with Gasteiger partial charge in [0.2, 0.25) is 5.91 Å². The molecule has 1 rings (SSSR count). The van der Waals surface area contributed by atoms with Gasteiger partial charge in [-0.2, -0.15) is 5.26 Å². The van der Waals surface area contributed by atoms with E-state index in [2.05, 4.69) is 5.32 Å². The lowest BCUT2D eigenvalue weighted by Crippen LogP contribution is -2.13. The van der Waals surface area contributed by atoms with E-state index >= 15 is 0 Å². The Morgan fingerprint density at radius 1 is 1.45 bits per heavy atom. The largest absolute Gasteiger partial charge is 0.465 e. The third-order valence-electron chi connectivity index (χ3n) is 2.27. The minimum atomic E-state index is -0.264. The van der Waals surface area contributed by atoms with Crippen molar-refractivity contribution in [3.8, 4) is 6.07 Å². The molecule has 0 spiro atoms. The summed E-state index contributed by atoms with van der Waals surface area (Å²) < 4.78 is 4.78. The minimum Gasteiger partial charge on any atom is -0.465 e. The van der Waals surface area contributed by atoms with Crippen molar-refractivity contribution in [1.29, 1.82) is 5.26 Å². The van der Waals surface area contributed by atoms with Gasteiger partial charge < -0.3 is 10.1 Å². The van der Waals surface area contributed by atoms with Crippen LogP contribution < -0.4 is 5.32 Å². The Hall–Kier alpha value is -2.00. The second kappa shape index (κ2) is 8.99. The van der Waals surface area contributed by atoms with Crippen LogP contribution in [0, 0.1) is 11.3 Å². The predicted octanol–water partition coefficient (Wildman–Crippen LogP) is 2.18. The molecule has 0 aliphatic heterocycles. The van der Waals surface area contributed by atoms with Crippen LogP contribution in [-0.2, 0) is 14.3 Å². The van der Waals surface area contributed by atoms with Gasteiger partial charge >= 0.3 is 5.97 Å².